The Morgan fingerprint density at radius 2 is 2.20 bits per heavy atom. The number of hydrazine groups is 1. The molecule has 0 aliphatic carbocycles. The highest BCUT2D eigenvalue weighted by Gasteiger charge is 2.34. The number of methoxy groups -OCH3 is 1. The van der Waals surface area contributed by atoms with E-state index in [1.165, 1.54) is 0 Å². The molecule has 1 atom stereocenters. The maximum atomic E-state index is 5.58. The van der Waals surface area contributed by atoms with Gasteiger partial charge in [0.2, 0.25) is 0 Å². The minimum Gasteiger partial charge on any atom is -0.378 e. The van der Waals surface area contributed by atoms with E-state index in [9.17, 15) is 0 Å². The summed E-state index contributed by atoms with van der Waals surface area (Å²) in [4.78, 5) is 8.82. The summed E-state index contributed by atoms with van der Waals surface area (Å²) in [5.74, 6) is 7.76. The van der Waals surface area contributed by atoms with E-state index in [-0.39, 0.29) is 11.5 Å². The fourth-order valence-corrected chi connectivity index (χ4v) is 2.10. The predicted molar refractivity (Wildman–Crippen MR) is 77.6 cm³/mol. The number of anilines is 2. The van der Waals surface area contributed by atoms with Crippen molar-refractivity contribution >= 4 is 11.6 Å². The average molecular weight is 281 g/mol. The molecule has 1 unspecified atom stereocenters. The Hall–Kier alpha value is -1.44. The molecule has 7 nitrogen and oxygen atoms in total. The molecule has 1 aromatic rings. The van der Waals surface area contributed by atoms with E-state index < -0.39 is 0 Å². The fraction of sp³-hybridized carbons (Fsp3) is 0.692. The van der Waals surface area contributed by atoms with E-state index in [0.717, 1.165) is 24.7 Å². The molecule has 112 valence electrons. The Bertz CT molecular complexity index is 446. The maximum Gasteiger partial charge on any atom is 0.145 e. The second-order valence-corrected chi connectivity index (χ2v) is 5.34. The van der Waals surface area contributed by atoms with E-state index in [0.29, 0.717) is 19.0 Å². The first kappa shape index (κ1) is 15.0. The van der Waals surface area contributed by atoms with Gasteiger partial charge in [0, 0.05) is 38.7 Å². The Labute approximate surface area is 119 Å². The van der Waals surface area contributed by atoms with Gasteiger partial charge in [0.1, 0.15) is 23.1 Å². The van der Waals surface area contributed by atoms with Gasteiger partial charge in [-0.3, -0.25) is 0 Å². The predicted octanol–water partition coefficient (Wildman–Crippen LogP) is 1.10. The fourth-order valence-electron chi connectivity index (χ4n) is 2.10. The van der Waals surface area contributed by atoms with Gasteiger partial charge in [0.05, 0.1) is 6.61 Å². The van der Waals surface area contributed by atoms with Crippen LogP contribution in [0, 0.1) is 0 Å². The number of ether oxygens (including phenoxy) is 2. The van der Waals surface area contributed by atoms with Gasteiger partial charge in [-0.05, 0) is 0 Å². The van der Waals surface area contributed by atoms with Gasteiger partial charge >= 0.3 is 0 Å². The molecule has 2 rings (SSSR count). The van der Waals surface area contributed by atoms with Crippen molar-refractivity contribution in [1.29, 1.82) is 0 Å². The van der Waals surface area contributed by atoms with Crippen molar-refractivity contribution in [2.24, 2.45) is 5.84 Å². The third-order valence-corrected chi connectivity index (χ3v) is 3.50. The molecule has 0 bridgehead atoms. The van der Waals surface area contributed by atoms with Crippen LogP contribution in [0.1, 0.15) is 32.0 Å². The summed E-state index contributed by atoms with van der Waals surface area (Å²) in [6, 6.07) is 1.78. The molecule has 20 heavy (non-hydrogen) atoms. The van der Waals surface area contributed by atoms with Crippen molar-refractivity contribution in [3.8, 4) is 0 Å². The number of nitrogen functional groups attached to an aromatic ring is 1. The maximum absolute atomic E-state index is 5.58. The third-order valence-electron chi connectivity index (χ3n) is 3.50. The SMILES string of the molecule is COC1(CNc2cc(NN)nc(C(C)C)n2)CCOC1. The van der Waals surface area contributed by atoms with Crippen molar-refractivity contribution in [2.45, 2.75) is 31.8 Å². The number of nitrogens with zero attached hydrogens (tertiary/aromatic N) is 2. The van der Waals surface area contributed by atoms with Crippen LogP contribution in [0.3, 0.4) is 0 Å². The summed E-state index contributed by atoms with van der Waals surface area (Å²) in [5, 5.41) is 3.30. The van der Waals surface area contributed by atoms with Crippen LogP contribution >= 0.6 is 0 Å². The van der Waals surface area contributed by atoms with Gasteiger partial charge < -0.3 is 20.2 Å². The molecule has 0 saturated carbocycles. The van der Waals surface area contributed by atoms with Crippen LogP contribution in [0.25, 0.3) is 0 Å². The number of hydrogen-bond donors (Lipinski definition) is 3. The van der Waals surface area contributed by atoms with E-state index in [1.54, 1.807) is 13.2 Å². The zero-order chi connectivity index (χ0) is 14.6. The van der Waals surface area contributed by atoms with Crippen LogP contribution in [0.2, 0.25) is 0 Å². The molecule has 1 aliphatic rings. The molecular weight excluding hydrogens is 258 g/mol. The molecule has 0 amide bonds. The molecule has 4 N–H and O–H groups in total. The van der Waals surface area contributed by atoms with Gasteiger partial charge in [0.15, 0.2) is 0 Å². The second-order valence-electron chi connectivity index (χ2n) is 5.34. The van der Waals surface area contributed by atoms with Crippen LogP contribution in [0.5, 0.6) is 0 Å². The lowest BCUT2D eigenvalue weighted by Gasteiger charge is -2.26. The summed E-state index contributed by atoms with van der Waals surface area (Å²) >= 11 is 0. The lowest BCUT2D eigenvalue weighted by Crippen LogP contribution is -2.39. The van der Waals surface area contributed by atoms with Gasteiger partial charge in [-0.15, -0.1) is 0 Å². The average Bonchev–Trinajstić information content (AvgIpc) is 2.94. The molecule has 0 spiro atoms. The van der Waals surface area contributed by atoms with Crippen LogP contribution in [0.4, 0.5) is 11.6 Å². The van der Waals surface area contributed by atoms with Crippen LogP contribution in [-0.2, 0) is 9.47 Å². The molecule has 1 saturated heterocycles. The minimum absolute atomic E-state index is 0.232. The lowest BCUT2D eigenvalue weighted by molar-refractivity contribution is -0.00625. The van der Waals surface area contributed by atoms with E-state index in [1.807, 2.05) is 13.8 Å². The van der Waals surface area contributed by atoms with Gasteiger partial charge in [-0.2, -0.15) is 0 Å². The number of rotatable bonds is 6. The minimum atomic E-state index is -0.279. The molecule has 0 aromatic carbocycles. The van der Waals surface area contributed by atoms with Crippen LogP contribution in [-0.4, -0.2) is 42.4 Å². The summed E-state index contributed by atoms with van der Waals surface area (Å²) in [6.07, 6.45) is 0.876. The molecular formula is C13H23N5O2. The highest BCUT2D eigenvalue weighted by atomic mass is 16.5. The highest BCUT2D eigenvalue weighted by Crippen LogP contribution is 2.23. The van der Waals surface area contributed by atoms with Crippen molar-refractivity contribution < 1.29 is 9.47 Å². The summed E-state index contributed by atoms with van der Waals surface area (Å²) in [6.45, 7) is 6.05. The van der Waals surface area contributed by atoms with Crippen LogP contribution < -0.4 is 16.6 Å². The second kappa shape index (κ2) is 6.34. The van der Waals surface area contributed by atoms with Gasteiger partial charge in [-0.25, -0.2) is 15.8 Å². The first-order chi connectivity index (χ1) is 9.58. The van der Waals surface area contributed by atoms with Crippen LogP contribution in [0.15, 0.2) is 6.07 Å². The Balaban J connectivity index is 2.10. The molecule has 1 fully saturated rings. The van der Waals surface area contributed by atoms with E-state index in [4.69, 9.17) is 15.3 Å². The third kappa shape index (κ3) is 3.36. The number of nitrogens with two attached hydrogens (primary N) is 1. The summed E-state index contributed by atoms with van der Waals surface area (Å²) < 4.78 is 11.0. The smallest absolute Gasteiger partial charge is 0.145 e. The zero-order valence-electron chi connectivity index (χ0n) is 12.3. The molecule has 7 heteroatoms. The van der Waals surface area contributed by atoms with Crippen molar-refractivity contribution in [3.05, 3.63) is 11.9 Å². The van der Waals surface area contributed by atoms with Crippen molar-refractivity contribution in [2.75, 3.05) is 37.6 Å². The highest BCUT2D eigenvalue weighted by molar-refractivity contribution is 5.47. The Morgan fingerprint density at radius 1 is 1.45 bits per heavy atom. The quantitative estimate of drug-likeness (QED) is 0.531. The Kier molecular flexibility index (Phi) is 4.74. The summed E-state index contributed by atoms with van der Waals surface area (Å²) in [7, 11) is 1.71. The van der Waals surface area contributed by atoms with E-state index in [2.05, 4.69) is 20.7 Å². The monoisotopic (exact) mass is 281 g/mol. The van der Waals surface area contributed by atoms with Gasteiger partial charge in [0.25, 0.3) is 0 Å². The van der Waals surface area contributed by atoms with Crippen molar-refractivity contribution in [1.82, 2.24) is 9.97 Å². The van der Waals surface area contributed by atoms with Crippen molar-refractivity contribution in [3.63, 3.8) is 0 Å². The molecule has 1 aromatic heterocycles. The standard InChI is InChI=1S/C13H23N5O2/c1-9(2)12-16-10(6-11(17-12)18-14)15-7-13(19-3)4-5-20-8-13/h6,9H,4-5,7-8,14H2,1-3H3,(H2,15,16,17,18). The normalized spacial score (nSPS) is 22.2. The first-order valence-corrected chi connectivity index (χ1v) is 6.81. The summed E-state index contributed by atoms with van der Waals surface area (Å²) in [5.41, 5.74) is 2.29. The Morgan fingerprint density at radius 3 is 2.75 bits per heavy atom. The molecule has 1 aliphatic heterocycles. The van der Waals surface area contributed by atoms with Gasteiger partial charge in [-0.1, -0.05) is 13.8 Å². The first-order valence-electron chi connectivity index (χ1n) is 6.81. The molecule has 0 radical (unpaired) electrons. The largest absolute Gasteiger partial charge is 0.378 e. The number of nitrogens with one attached hydrogen (secondary N) is 2. The van der Waals surface area contributed by atoms with E-state index >= 15 is 0 Å². The zero-order valence-corrected chi connectivity index (χ0v) is 12.3. The number of hydrogen-bond acceptors (Lipinski definition) is 7. The molecule has 2 heterocycles. The lowest BCUT2D eigenvalue weighted by atomic mass is 10.0. The topological polar surface area (TPSA) is 94.3 Å². The number of aromatic nitrogens is 2.